The summed E-state index contributed by atoms with van der Waals surface area (Å²) in [5, 5.41) is 0. The van der Waals surface area contributed by atoms with Crippen LogP contribution < -0.4 is 0 Å². The van der Waals surface area contributed by atoms with Crippen molar-refractivity contribution in [2.75, 3.05) is 13.2 Å². The van der Waals surface area contributed by atoms with Crippen molar-refractivity contribution in [2.24, 2.45) is 0 Å². The summed E-state index contributed by atoms with van der Waals surface area (Å²) in [6.07, 6.45) is 4.68. The van der Waals surface area contributed by atoms with Crippen molar-refractivity contribution in [1.82, 2.24) is 4.90 Å². The molecule has 2 unspecified atom stereocenters. The third kappa shape index (κ3) is 2.43. The van der Waals surface area contributed by atoms with Crippen molar-refractivity contribution in [2.45, 2.75) is 51.2 Å². The van der Waals surface area contributed by atoms with E-state index in [9.17, 15) is 9.59 Å². The van der Waals surface area contributed by atoms with Crippen molar-refractivity contribution in [1.29, 1.82) is 0 Å². The zero-order valence-electron chi connectivity index (χ0n) is 9.78. The van der Waals surface area contributed by atoms with Gasteiger partial charge in [-0.15, -0.1) is 0 Å². The van der Waals surface area contributed by atoms with E-state index in [1.165, 1.54) is 13.3 Å². The fourth-order valence-electron chi connectivity index (χ4n) is 2.72. The highest BCUT2D eigenvalue weighted by Gasteiger charge is 2.36. The van der Waals surface area contributed by atoms with Gasteiger partial charge in [0.1, 0.15) is 5.78 Å². The molecule has 2 rings (SSSR count). The number of carbonyl (C=O) groups is 2. The molecule has 0 aromatic carbocycles. The Morgan fingerprint density at radius 1 is 1.31 bits per heavy atom. The van der Waals surface area contributed by atoms with Gasteiger partial charge in [-0.1, -0.05) is 12.8 Å². The molecule has 0 aromatic rings. The molecule has 1 heterocycles. The third-order valence-corrected chi connectivity index (χ3v) is 3.45. The summed E-state index contributed by atoms with van der Waals surface area (Å²) in [5.74, 6) is -0.0726. The van der Waals surface area contributed by atoms with E-state index < -0.39 is 0 Å². The molecule has 2 atom stereocenters. The van der Waals surface area contributed by atoms with E-state index in [1.54, 1.807) is 0 Å². The Hall–Kier alpha value is -0.900. The molecular formula is C12H19NO3. The first-order valence-corrected chi connectivity index (χ1v) is 6.09. The van der Waals surface area contributed by atoms with Gasteiger partial charge in [0.05, 0.1) is 25.2 Å². The van der Waals surface area contributed by atoms with E-state index in [2.05, 4.69) is 0 Å². The van der Waals surface area contributed by atoms with Crippen LogP contribution in [0.4, 0.5) is 0 Å². The average Bonchev–Trinajstić information content (AvgIpc) is 2.27. The maximum absolute atomic E-state index is 11.9. The van der Waals surface area contributed by atoms with E-state index in [4.69, 9.17) is 4.74 Å². The highest BCUT2D eigenvalue weighted by atomic mass is 16.5. The number of hydrogen-bond acceptors (Lipinski definition) is 3. The smallest absolute Gasteiger partial charge is 0.230 e. The molecular weight excluding hydrogens is 206 g/mol. The zero-order valence-corrected chi connectivity index (χ0v) is 9.78. The summed E-state index contributed by atoms with van der Waals surface area (Å²) in [5.41, 5.74) is 0. The Labute approximate surface area is 95.9 Å². The SMILES string of the molecule is CC(=O)CC(=O)N1CCOC2CCCCC21. The lowest BCUT2D eigenvalue weighted by atomic mass is 9.90. The van der Waals surface area contributed by atoms with Gasteiger partial charge >= 0.3 is 0 Å². The number of carbonyl (C=O) groups excluding carboxylic acids is 2. The first-order valence-electron chi connectivity index (χ1n) is 6.09. The van der Waals surface area contributed by atoms with Gasteiger partial charge < -0.3 is 9.64 Å². The van der Waals surface area contributed by atoms with Crippen LogP contribution in [0.15, 0.2) is 0 Å². The topological polar surface area (TPSA) is 46.6 Å². The van der Waals surface area contributed by atoms with Gasteiger partial charge in [0.25, 0.3) is 0 Å². The van der Waals surface area contributed by atoms with E-state index in [-0.39, 0.29) is 30.3 Å². The summed E-state index contributed by atoms with van der Waals surface area (Å²) in [4.78, 5) is 24.8. The monoisotopic (exact) mass is 225 g/mol. The van der Waals surface area contributed by atoms with Crippen LogP contribution in [0.1, 0.15) is 39.0 Å². The summed E-state index contributed by atoms with van der Waals surface area (Å²) in [6.45, 7) is 2.73. The molecule has 4 nitrogen and oxygen atoms in total. The largest absolute Gasteiger partial charge is 0.374 e. The van der Waals surface area contributed by atoms with Gasteiger partial charge in [-0.05, 0) is 19.8 Å². The number of Topliss-reactive ketones (excluding diaryl/α,β-unsaturated/α-hetero) is 1. The maximum Gasteiger partial charge on any atom is 0.230 e. The molecule has 90 valence electrons. The third-order valence-electron chi connectivity index (χ3n) is 3.45. The molecule has 1 amide bonds. The fraction of sp³-hybridized carbons (Fsp3) is 0.833. The normalized spacial score (nSPS) is 29.7. The number of nitrogens with zero attached hydrogens (tertiary/aromatic N) is 1. The van der Waals surface area contributed by atoms with Crippen molar-refractivity contribution < 1.29 is 14.3 Å². The minimum atomic E-state index is -0.0520. The van der Waals surface area contributed by atoms with E-state index in [0.717, 1.165) is 19.3 Å². The van der Waals surface area contributed by atoms with Crippen molar-refractivity contribution in [3.63, 3.8) is 0 Å². The van der Waals surface area contributed by atoms with Crippen LogP contribution in [0, 0.1) is 0 Å². The lowest BCUT2D eigenvalue weighted by Gasteiger charge is -2.43. The molecule has 0 radical (unpaired) electrons. The summed E-state index contributed by atoms with van der Waals surface area (Å²) >= 11 is 0. The second kappa shape index (κ2) is 4.95. The second-order valence-electron chi connectivity index (χ2n) is 4.73. The Kier molecular flexibility index (Phi) is 3.59. The zero-order chi connectivity index (χ0) is 11.5. The molecule has 0 N–H and O–H groups in total. The molecule has 1 aliphatic heterocycles. The second-order valence-corrected chi connectivity index (χ2v) is 4.73. The average molecular weight is 225 g/mol. The highest BCUT2D eigenvalue weighted by Crippen LogP contribution is 2.28. The lowest BCUT2D eigenvalue weighted by Crippen LogP contribution is -2.55. The standard InChI is InChI=1S/C12H19NO3/c1-9(14)8-12(15)13-6-7-16-11-5-3-2-4-10(11)13/h10-11H,2-8H2,1H3. The van der Waals surface area contributed by atoms with Crippen LogP contribution >= 0.6 is 0 Å². The Balaban J connectivity index is 2.01. The number of hydrogen-bond donors (Lipinski definition) is 0. The molecule has 1 saturated heterocycles. The van der Waals surface area contributed by atoms with Crippen molar-refractivity contribution in [3.05, 3.63) is 0 Å². The summed E-state index contributed by atoms with van der Waals surface area (Å²) in [7, 11) is 0. The number of ether oxygens (including phenoxy) is 1. The van der Waals surface area contributed by atoms with Crippen molar-refractivity contribution in [3.8, 4) is 0 Å². The maximum atomic E-state index is 11.9. The van der Waals surface area contributed by atoms with Gasteiger partial charge in [0, 0.05) is 6.54 Å². The fourth-order valence-corrected chi connectivity index (χ4v) is 2.72. The van der Waals surface area contributed by atoms with Crippen LogP contribution in [0.3, 0.4) is 0 Å². The first-order chi connectivity index (χ1) is 7.68. The van der Waals surface area contributed by atoms with Gasteiger partial charge in [0.15, 0.2) is 0 Å². The van der Waals surface area contributed by atoms with Gasteiger partial charge in [-0.25, -0.2) is 0 Å². The Morgan fingerprint density at radius 2 is 2.06 bits per heavy atom. The Bertz CT molecular complexity index is 288. The van der Waals surface area contributed by atoms with Crippen molar-refractivity contribution >= 4 is 11.7 Å². The number of fused-ring (bicyclic) bond motifs is 1. The van der Waals surface area contributed by atoms with E-state index >= 15 is 0 Å². The van der Waals surface area contributed by atoms with Crippen LogP contribution in [0.5, 0.6) is 0 Å². The Morgan fingerprint density at radius 3 is 2.81 bits per heavy atom. The van der Waals surface area contributed by atoms with Crippen LogP contribution in [0.2, 0.25) is 0 Å². The van der Waals surface area contributed by atoms with Gasteiger partial charge in [-0.2, -0.15) is 0 Å². The van der Waals surface area contributed by atoms with Crippen LogP contribution in [0.25, 0.3) is 0 Å². The number of morpholine rings is 1. The highest BCUT2D eigenvalue weighted by molar-refractivity contribution is 5.96. The molecule has 2 fully saturated rings. The molecule has 1 aliphatic carbocycles. The summed E-state index contributed by atoms with van der Waals surface area (Å²) < 4.78 is 5.69. The minimum Gasteiger partial charge on any atom is -0.374 e. The molecule has 2 aliphatic rings. The number of ketones is 1. The van der Waals surface area contributed by atoms with E-state index in [0.29, 0.717) is 13.2 Å². The predicted octanol–water partition coefficient (Wildman–Crippen LogP) is 1.14. The summed E-state index contributed by atoms with van der Waals surface area (Å²) in [6, 6.07) is 0.217. The number of amides is 1. The lowest BCUT2D eigenvalue weighted by molar-refractivity contribution is -0.150. The first kappa shape index (κ1) is 11.6. The molecule has 16 heavy (non-hydrogen) atoms. The van der Waals surface area contributed by atoms with Gasteiger partial charge in [0.2, 0.25) is 5.91 Å². The van der Waals surface area contributed by atoms with E-state index in [1.807, 2.05) is 4.90 Å². The molecule has 4 heteroatoms. The molecule has 0 aromatic heterocycles. The molecule has 0 spiro atoms. The quantitative estimate of drug-likeness (QED) is 0.662. The predicted molar refractivity (Wildman–Crippen MR) is 59.0 cm³/mol. The molecule has 1 saturated carbocycles. The van der Waals surface area contributed by atoms with Gasteiger partial charge in [-0.3, -0.25) is 9.59 Å². The number of rotatable bonds is 2. The van der Waals surface area contributed by atoms with Crippen LogP contribution in [-0.4, -0.2) is 41.9 Å². The van der Waals surface area contributed by atoms with Crippen LogP contribution in [-0.2, 0) is 14.3 Å². The molecule has 0 bridgehead atoms. The minimum absolute atomic E-state index is 0.0206.